The van der Waals surface area contributed by atoms with Gasteiger partial charge in [0.05, 0.1) is 28.4 Å². The number of carbonyl (C=O) groups excluding carboxylic acids is 1. The minimum absolute atomic E-state index is 0.0884. The van der Waals surface area contributed by atoms with E-state index >= 15 is 0 Å². The zero-order valence-electron chi connectivity index (χ0n) is 15.1. The lowest BCUT2D eigenvalue weighted by Gasteiger charge is -2.26. The number of aromatic nitrogens is 2. The molecule has 2 aromatic heterocycles. The number of amides is 1. The molecule has 0 bridgehead atoms. The van der Waals surface area contributed by atoms with E-state index in [1.807, 2.05) is 24.3 Å². The Hall–Kier alpha value is -3.45. The number of aromatic amines is 1. The minimum Gasteiger partial charge on any atom is -0.507 e. The number of aromatic hydroxyl groups is 2. The van der Waals surface area contributed by atoms with Crippen LogP contribution in [0.4, 0.5) is 0 Å². The van der Waals surface area contributed by atoms with E-state index in [1.54, 1.807) is 11.1 Å². The van der Waals surface area contributed by atoms with Crippen molar-refractivity contribution in [1.29, 1.82) is 0 Å². The summed E-state index contributed by atoms with van der Waals surface area (Å²) < 4.78 is 5.47. The van der Waals surface area contributed by atoms with Gasteiger partial charge in [0.15, 0.2) is 5.76 Å². The van der Waals surface area contributed by atoms with Crippen LogP contribution in [0.5, 0.6) is 11.5 Å². The van der Waals surface area contributed by atoms with Gasteiger partial charge in [-0.1, -0.05) is 35.0 Å². The second kappa shape index (κ2) is 6.56. The quantitative estimate of drug-likeness (QED) is 0.463. The number of phenols is 2. The normalized spacial score (nSPS) is 13.6. The van der Waals surface area contributed by atoms with E-state index < -0.39 is 0 Å². The molecule has 3 heterocycles. The number of fused-ring (bicyclic) bond motifs is 2. The first-order valence-electron chi connectivity index (χ1n) is 9.07. The average Bonchev–Trinajstić information content (AvgIpc) is 3.34. The topological polar surface area (TPSA) is 103 Å². The van der Waals surface area contributed by atoms with Crippen molar-refractivity contribution >= 4 is 28.4 Å². The molecule has 2 aromatic carbocycles. The molecular formula is C21H16ClN3O4. The van der Waals surface area contributed by atoms with E-state index in [-0.39, 0.29) is 22.4 Å². The van der Waals surface area contributed by atoms with Crippen LogP contribution in [0.15, 0.2) is 47.1 Å². The molecule has 1 amide bonds. The van der Waals surface area contributed by atoms with E-state index in [0.717, 1.165) is 28.2 Å². The Morgan fingerprint density at radius 1 is 1.21 bits per heavy atom. The average molecular weight is 410 g/mol. The Bertz CT molecular complexity index is 1260. The maximum Gasteiger partial charge on any atom is 0.256 e. The largest absolute Gasteiger partial charge is 0.507 e. The molecule has 1 aliphatic rings. The lowest BCUT2D eigenvalue weighted by molar-refractivity contribution is 0.0736. The summed E-state index contributed by atoms with van der Waals surface area (Å²) in [6, 6.07) is 10.2. The standard InChI is InChI=1S/C21H16ClN3O4/c22-15-7-12(18(26)8-19(15)27)20-14-10-25(6-5-17(14)24-29-20)21(28)13-9-23-16-4-2-1-3-11(13)16/h1-4,7-9,23,26-27H,5-6,10H2. The van der Waals surface area contributed by atoms with Gasteiger partial charge in [-0.3, -0.25) is 4.79 Å². The van der Waals surface area contributed by atoms with Gasteiger partial charge in [0, 0.05) is 41.7 Å². The molecule has 8 heteroatoms. The number of nitrogens with one attached hydrogen (secondary N) is 1. The first-order chi connectivity index (χ1) is 14.0. The van der Waals surface area contributed by atoms with E-state index in [9.17, 15) is 15.0 Å². The van der Waals surface area contributed by atoms with Gasteiger partial charge in [0.1, 0.15) is 11.5 Å². The van der Waals surface area contributed by atoms with Crippen molar-refractivity contribution in [2.24, 2.45) is 0 Å². The summed E-state index contributed by atoms with van der Waals surface area (Å²) in [5, 5.41) is 25.0. The van der Waals surface area contributed by atoms with Gasteiger partial charge < -0.3 is 24.6 Å². The molecule has 4 aromatic rings. The van der Waals surface area contributed by atoms with E-state index in [1.165, 1.54) is 6.07 Å². The third kappa shape index (κ3) is 2.82. The van der Waals surface area contributed by atoms with Gasteiger partial charge >= 0.3 is 0 Å². The lowest BCUT2D eigenvalue weighted by Crippen LogP contribution is -2.35. The van der Waals surface area contributed by atoms with Gasteiger partial charge in [-0.2, -0.15) is 0 Å². The van der Waals surface area contributed by atoms with Crippen molar-refractivity contribution in [3.63, 3.8) is 0 Å². The van der Waals surface area contributed by atoms with Crippen LogP contribution < -0.4 is 0 Å². The van der Waals surface area contributed by atoms with Gasteiger partial charge in [-0.25, -0.2) is 0 Å². The zero-order valence-corrected chi connectivity index (χ0v) is 15.9. The Morgan fingerprint density at radius 2 is 2.03 bits per heavy atom. The van der Waals surface area contributed by atoms with E-state index in [4.69, 9.17) is 16.1 Å². The van der Waals surface area contributed by atoms with Crippen LogP contribution in [0, 0.1) is 0 Å². The fourth-order valence-electron chi connectivity index (χ4n) is 3.75. The molecule has 3 N–H and O–H groups in total. The number of para-hydroxylation sites is 1. The van der Waals surface area contributed by atoms with Crippen LogP contribution in [-0.4, -0.2) is 37.7 Å². The monoisotopic (exact) mass is 409 g/mol. The molecule has 29 heavy (non-hydrogen) atoms. The van der Waals surface area contributed by atoms with Crippen molar-refractivity contribution in [3.05, 3.63) is 64.4 Å². The molecule has 7 nitrogen and oxygen atoms in total. The smallest absolute Gasteiger partial charge is 0.256 e. The molecule has 0 atom stereocenters. The number of phenolic OH excluding ortho intramolecular Hbond substituents is 2. The molecule has 0 fully saturated rings. The highest BCUT2D eigenvalue weighted by atomic mass is 35.5. The Balaban J connectivity index is 1.51. The number of hydrogen-bond acceptors (Lipinski definition) is 5. The molecule has 0 aliphatic carbocycles. The minimum atomic E-state index is -0.225. The summed E-state index contributed by atoms with van der Waals surface area (Å²) in [4.78, 5) is 18.0. The van der Waals surface area contributed by atoms with Crippen LogP contribution in [0.25, 0.3) is 22.2 Å². The molecule has 146 valence electrons. The highest BCUT2D eigenvalue weighted by molar-refractivity contribution is 6.32. The van der Waals surface area contributed by atoms with Gasteiger partial charge in [-0.05, 0) is 12.1 Å². The van der Waals surface area contributed by atoms with Crippen LogP contribution in [0.2, 0.25) is 5.02 Å². The van der Waals surface area contributed by atoms with E-state index in [2.05, 4.69) is 10.1 Å². The number of nitrogens with zero attached hydrogens (tertiary/aromatic N) is 2. The second-order valence-corrected chi connectivity index (χ2v) is 7.39. The number of hydrogen-bond donors (Lipinski definition) is 3. The third-order valence-electron chi connectivity index (χ3n) is 5.25. The summed E-state index contributed by atoms with van der Waals surface area (Å²) in [6.07, 6.45) is 2.27. The SMILES string of the molecule is O=C(c1c[nH]c2ccccc12)N1CCc2noc(-c3cc(Cl)c(O)cc3O)c2C1. The highest BCUT2D eigenvalue weighted by Crippen LogP contribution is 2.40. The fourth-order valence-corrected chi connectivity index (χ4v) is 3.91. The molecule has 1 aliphatic heterocycles. The number of halogens is 1. The van der Waals surface area contributed by atoms with Crippen LogP contribution >= 0.6 is 11.6 Å². The van der Waals surface area contributed by atoms with E-state index in [0.29, 0.717) is 36.4 Å². The second-order valence-electron chi connectivity index (χ2n) is 6.98. The fraction of sp³-hybridized carbons (Fsp3) is 0.143. The molecule has 0 saturated carbocycles. The van der Waals surface area contributed by atoms with Crippen molar-refractivity contribution < 1.29 is 19.5 Å². The van der Waals surface area contributed by atoms with Crippen LogP contribution in [0.3, 0.4) is 0 Å². The Morgan fingerprint density at radius 3 is 2.90 bits per heavy atom. The first kappa shape index (κ1) is 17.6. The number of H-pyrrole nitrogens is 1. The lowest BCUT2D eigenvalue weighted by atomic mass is 10.00. The summed E-state index contributed by atoms with van der Waals surface area (Å²) in [5.74, 6) is -0.146. The molecule has 5 rings (SSSR count). The summed E-state index contributed by atoms with van der Waals surface area (Å²) in [6.45, 7) is 0.810. The number of carbonyl (C=O) groups is 1. The van der Waals surface area contributed by atoms with Gasteiger partial charge in [0.2, 0.25) is 0 Å². The molecule has 0 spiro atoms. The van der Waals surface area contributed by atoms with Crippen molar-refractivity contribution in [2.75, 3.05) is 6.54 Å². The zero-order chi connectivity index (χ0) is 20.1. The predicted octanol–water partition coefficient (Wildman–Crippen LogP) is 4.09. The predicted molar refractivity (Wildman–Crippen MR) is 107 cm³/mol. The molecule has 0 saturated heterocycles. The number of benzene rings is 2. The van der Waals surface area contributed by atoms with Crippen LogP contribution in [-0.2, 0) is 13.0 Å². The molecule has 0 radical (unpaired) electrons. The van der Waals surface area contributed by atoms with Crippen molar-refractivity contribution in [3.8, 4) is 22.8 Å². The highest BCUT2D eigenvalue weighted by Gasteiger charge is 2.30. The van der Waals surface area contributed by atoms with Crippen molar-refractivity contribution in [2.45, 2.75) is 13.0 Å². The summed E-state index contributed by atoms with van der Waals surface area (Å²) in [5.41, 5.74) is 3.30. The van der Waals surface area contributed by atoms with Crippen LogP contribution in [0.1, 0.15) is 21.6 Å². The Labute approximate surface area is 170 Å². The first-order valence-corrected chi connectivity index (χ1v) is 9.45. The number of rotatable bonds is 2. The Kier molecular flexibility index (Phi) is 3.99. The molecular weight excluding hydrogens is 394 g/mol. The maximum absolute atomic E-state index is 13.2. The molecule has 0 unspecified atom stereocenters. The maximum atomic E-state index is 13.2. The van der Waals surface area contributed by atoms with Gasteiger partial charge in [0.25, 0.3) is 5.91 Å². The van der Waals surface area contributed by atoms with Crippen molar-refractivity contribution in [1.82, 2.24) is 15.0 Å². The summed E-state index contributed by atoms with van der Waals surface area (Å²) in [7, 11) is 0. The summed E-state index contributed by atoms with van der Waals surface area (Å²) >= 11 is 6.00. The van der Waals surface area contributed by atoms with Gasteiger partial charge in [-0.15, -0.1) is 0 Å². The third-order valence-corrected chi connectivity index (χ3v) is 5.56.